The first kappa shape index (κ1) is 12.9. The van der Waals surface area contributed by atoms with Crippen molar-refractivity contribution in [2.45, 2.75) is 23.1 Å². The van der Waals surface area contributed by atoms with Crippen LogP contribution in [0.1, 0.15) is 18.0 Å². The van der Waals surface area contributed by atoms with E-state index in [2.05, 4.69) is 0 Å². The van der Waals surface area contributed by atoms with Crippen LogP contribution in [0, 0.1) is 0 Å². The van der Waals surface area contributed by atoms with E-state index in [1.54, 1.807) is 12.1 Å². The minimum Gasteiger partial charge on any atom is -0.481 e. The van der Waals surface area contributed by atoms with Gasteiger partial charge in [0.25, 0.3) is 5.76 Å². The number of thioether (sulfide) groups is 1. The standard InChI is InChI=1S/C10H11F2NO2S/c11-10(12)16-7-3-1-2-6(4-7)8(13)5-9(14)15/h1-4,8,10H,5,13H2,(H,14,15). The summed E-state index contributed by atoms with van der Waals surface area (Å²) >= 11 is 0.413. The lowest BCUT2D eigenvalue weighted by atomic mass is 10.1. The van der Waals surface area contributed by atoms with Crippen molar-refractivity contribution in [3.63, 3.8) is 0 Å². The fraction of sp³-hybridized carbons (Fsp3) is 0.300. The monoisotopic (exact) mass is 247 g/mol. The van der Waals surface area contributed by atoms with Gasteiger partial charge in [-0.3, -0.25) is 4.79 Å². The van der Waals surface area contributed by atoms with Crippen molar-refractivity contribution in [2.75, 3.05) is 0 Å². The summed E-state index contributed by atoms with van der Waals surface area (Å²) in [5, 5.41) is 8.55. The molecule has 1 aromatic rings. The van der Waals surface area contributed by atoms with Gasteiger partial charge in [-0.2, -0.15) is 8.78 Å². The number of aliphatic carboxylic acids is 1. The third kappa shape index (κ3) is 4.16. The number of carboxylic acid groups (broad SMARTS) is 1. The molecule has 3 N–H and O–H groups in total. The lowest BCUT2D eigenvalue weighted by molar-refractivity contribution is -0.137. The number of carbonyl (C=O) groups is 1. The van der Waals surface area contributed by atoms with Crippen LogP contribution >= 0.6 is 11.8 Å². The Morgan fingerprint density at radius 1 is 1.50 bits per heavy atom. The SMILES string of the molecule is NC(CC(=O)O)c1cccc(SC(F)F)c1. The summed E-state index contributed by atoms with van der Waals surface area (Å²) in [5.41, 5.74) is 6.17. The minimum atomic E-state index is -2.49. The number of nitrogens with two attached hydrogens (primary N) is 1. The van der Waals surface area contributed by atoms with Crippen molar-refractivity contribution in [3.05, 3.63) is 29.8 Å². The largest absolute Gasteiger partial charge is 0.481 e. The maximum absolute atomic E-state index is 12.1. The fourth-order valence-corrected chi connectivity index (χ4v) is 1.79. The molecule has 1 rings (SSSR count). The first-order valence-electron chi connectivity index (χ1n) is 4.51. The van der Waals surface area contributed by atoms with E-state index in [1.165, 1.54) is 12.1 Å². The van der Waals surface area contributed by atoms with Gasteiger partial charge in [-0.05, 0) is 17.7 Å². The van der Waals surface area contributed by atoms with Crippen LogP contribution in [-0.2, 0) is 4.79 Å². The normalized spacial score (nSPS) is 12.8. The number of rotatable bonds is 5. The molecule has 88 valence electrons. The molecule has 6 heteroatoms. The smallest absolute Gasteiger partial charge is 0.305 e. The summed E-state index contributed by atoms with van der Waals surface area (Å²) < 4.78 is 24.2. The minimum absolute atomic E-state index is 0.219. The van der Waals surface area contributed by atoms with E-state index < -0.39 is 17.8 Å². The van der Waals surface area contributed by atoms with Gasteiger partial charge in [-0.1, -0.05) is 23.9 Å². The van der Waals surface area contributed by atoms with Crippen LogP contribution in [0.5, 0.6) is 0 Å². The number of hydrogen-bond acceptors (Lipinski definition) is 3. The molecule has 0 aliphatic heterocycles. The van der Waals surface area contributed by atoms with Crippen LogP contribution in [0.2, 0.25) is 0 Å². The fourth-order valence-electron chi connectivity index (χ4n) is 1.23. The van der Waals surface area contributed by atoms with Gasteiger partial charge in [-0.15, -0.1) is 0 Å². The topological polar surface area (TPSA) is 63.3 Å². The summed E-state index contributed by atoms with van der Waals surface area (Å²) in [6, 6.07) is 5.57. The Morgan fingerprint density at radius 3 is 2.75 bits per heavy atom. The van der Waals surface area contributed by atoms with Gasteiger partial charge in [0, 0.05) is 10.9 Å². The van der Waals surface area contributed by atoms with E-state index in [0.29, 0.717) is 22.2 Å². The molecule has 3 nitrogen and oxygen atoms in total. The summed E-state index contributed by atoms with van der Waals surface area (Å²) in [6.45, 7) is 0. The van der Waals surface area contributed by atoms with Gasteiger partial charge >= 0.3 is 5.97 Å². The zero-order valence-electron chi connectivity index (χ0n) is 8.27. The summed E-state index contributed by atoms with van der Waals surface area (Å²) in [6.07, 6.45) is -0.219. The Hall–Kier alpha value is -1.14. The van der Waals surface area contributed by atoms with E-state index in [4.69, 9.17) is 10.8 Å². The maximum Gasteiger partial charge on any atom is 0.305 e. The number of hydrogen-bond donors (Lipinski definition) is 2. The third-order valence-corrected chi connectivity index (χ3v) is 2.61. The highest BCUT2D eigenvalue weighted by atomic mass is 32.2. The molecule has 16 heavy (non-hydrogen) atoms. The molecule has 0 saturated heterocycles. The second kappa shape index (κ2) is 5.81. The van der Waals surface area contributed by atoms with E-state index in [1.807, 2.05) is 0 Å². The first-order chi connectivity index (χ1) is 7.49. The number of carboxylic acids is 1. The van der Waals surface area contributed by atoms with Crippen molar-refractivity contribution >= 4 is 17.7 Å². The number of benzene rings is 1. The lowest BCUT2D eigenvalue weighted by Gasteiger charge is -2.10. The van der Waals surface area contributed by atoms with Gasteiger partial charge in [-0.25, -0.2) is 0 Å². The van der Waals surface area contributed by atoms with Crippen molar-refractivity contribution in [2.24, 2.45) is 5.73 Å². The van der Waals surface area contributed by atoms with Crippen molar-refractivity contribution < 1.29 is 18.7 Å². The average molecular weight is 247 g/mol. The molecule has 0 aliphatic carbocycles. The van der Waals surface area contributed by atoms with Crippen LogP contribution in [0.4, 0.5) is 8.78 Å². The predicted molar refractivity (Wildman–Crippen MR) is 57.5 cm³/mol. The molecule has 0 aromatic heterocycles. The molecule has 1 unspecified atom stereocenters. The van der Waals surface area contributed by atoms with Crippen LogP contribution in [0.15, 0.2) is 29.2 Å². The average Bonchev–Trinajstić information content (AvgIpc) is 2.16. The second-order valence-electron chi connectivity index (χ2n) is 3.16. The zero-order chi connectivity index (χ0) is 12.1. The Balaban J connectivity index is 2.77. The van der Waals surface area contributed by atoms with Crippen LogP contribution in [0.25, 0.3) is 0 Å². The molecular formula is C10H11F2NO2S. The van der Waals surface area contributed by atoms with Crippen molar-refractivity contribution in [3.8, 4) is 0 Å². The third-order valence-electron chi connectivity index (χ3n) is 1.91. The molecule has 0 fully saturated rings. The van der Waals surface area contributed by atoms with Gasteiger partial charge in [0.1, 0.15) is 0 Å². The van der Waals surface area contributed by atoms with E-state index in [-0.39, 0.29) is 6.42 Å². The van der Waals surface area contributed by atoms with Crippen LogP contribution < -0.4 is 5.73 Å². The first-order valence-corrected chi connectivity index (χ1v) is 5.39. The summed E-state index contributed by atoms with van der Waals surface area (Å²) in [4.78, 5) is 10.8. The van der Waals surface area contributed by atoms with Gasteiger partial charge in [0.05, 0.1) is 6.42 Å². The Bertz CT molecular complexity index is 374. The molecule has 0 heterocycles. The van der Waals surface area contributed by atoms with Gasteiger partial charge in [0.15, 0.2) is 0 Å². The van der Waals surface area contributed by atoms with Gasteiger partial charge in [0.2, 0.25) is 0 Å². The Labute approximate surface area is 95.6 Å². The molecule has 0 saturated carbocycles. The number of halogens is 2. The Morgan fingerprint density at radius 2 is 2.19 bits per heavy atom. The molecule has 0 radical (unpaired) electrons. The zero-order valence-corrected chi connectivity index (χ0v) is 9.08. The molecule has 0 spiro atoms. The Kier molecular flexibility index (Phi) is 4.70. The van der Waals surface area contributed by atoms with Crippen LogP contribution in [-0.4, -0.2) is 16.8 Å². The highest BCUT2D eigenvalue weighted by Gasteiger charge is 2.12. The molecular weight excluding hydrogens is 236 g/mol. The molecule has 0 bridgehead atoms. The number of alkyl halides is 2. The quantitative estimate of drug-likeness (QED) is 0.784. The van der Waals surface area contributed by atoms with E-state index in [0.717, 1.165) is 0 Å². The summed E-state index contributed by atoms with van der Waals surface area (Å²) in [5.74, 6) is -3.51. The van der Waals surface area contributed by atoms with Crippen molar-refractivity contribution in [1.29, 1.82) is 0 Å². The summed E-state index contributed by atoms with van der Waals surface area (Å²) in [7, 11) is 0. The maximum atomic E-state index is 12.1. The van der Waals surface area contributed by atoms with E-state index >= 15 is 0 Å². The van der Waals surface area contributed by atoms with Crippen LogP contribution in [0.3, 0.4) is 0 Å². The molecule has 1 aromatic carbocycles. The molecule has 0 amide bonds. The predicted octanol–water partition coefficient (Wildman–Crippen LogP) is 2.48. The molecule has 0 aliphatic rings. The lowest BCUT2D eigenvalue weighted by Crippen LogP contribution is -2.14. The highest BCUT2D eigenvalue weighted by molar-refractivity contribution is 7.99. The second-order valence-corrected chi connectivity index (χ2v) is 4.22. The van der Waals surface area contributed by atoms with Gasteiger partial charge < -0.3 is 10.8 Å². The highest BCUT2D eigenvalue weighted by Crippen LogP contribution is 2.27. The molecule has 1 atom stereocenters. The van der Waals surface area contributed by atoms with Crippen molar-refractivity contribution in [1.82, 2.24) is 0 Å². The van der Waals surface area contributed by atoms with E-state index in [9.17, 15) is 13.6 Å².